The standard InChI is InChI=1S/C14H17ClO2/c1-14(2,3)11-9-10(12(15)7-8-16)5-6-13(11)17-4/h5-9H,1-4H3. The number of carbonyl (C=O) groups excluding carboxylic acids is 1. The van der Waals surface area contributed by atoms with E-state index < -0.39 is 0 Å². The van der Waals surface area contributed by atoms with Crippen molar-refractivity contribution in [3.8, 4) is 5.75 Å². The van der Waals surface area contributed by atoms with Crippen LogP contribution in [0.4, 0.5) is 0 Å². The molecule has 0 amide bonds. The summed E-state index contributed by atoms with van der Waals surface area (Å²) in [5.74, 6) is 0.830. The Bertz CT molecular complexity index is 442. The molecule has 0 atom stereocenters. The molecule has 0 radical (unpaired) electrons. The van der Waals surface area contributed by atoms with Gasteiger partial charge in [0, 0.05) is 5.56 Å². The van der Waals surface area contributed by atoms with Crippen molar-refractivity contribution in [1.82, 2.24) is 0 Å². The maximum Gasteiger partial charge on any atom is 0.144 e. The van der Waals surface area contributed by atoms with Gasteiger partial charge in [-0.15, -0.1) is 0 Å². The van der Waals surface area contributed by atoms with Crippen molar-refractivity contribution in [1.29, 1.82) is 0 Å². The van der Waals surface area contributed by atoms with Crippen LogP contribution in [0.25, 0.3) is 5.03 Å². The number of ether oxygens (including phenoxy) is 1. The number of carbonyl (C=O) groups is 1. The first-order valence-electron chi connectivity index (χ1n) is 5.40. The second-order valence-corrected chi connectivity index (χ2v) is 5.22. The van der Waals surface area contributed by atoms with Crippen molar-refractivity contribution >= 4 is 22.9 Å². The van der Waals surface area contributed by atoms with Gasteiger partial charge < -0.3 is 4.74 Å². The molecule has 3 heteroatoms. The highest BCUT2D eigenvalue weighted by Gasteiger charge is 2.19. The first-order chi connectivity index (χ1) is 7.90. The average molecular weight is 253 g/mol. The highest BCUT2D eigenvalue weighted by atomic mass is 35.5. The zero-order valence-electron chi connectivity index (χ0n) is 10.6. The molecule has 2 nitrogen and oxygen atoms in total. The van der Waals surface area contributed by atoms with Crippen LogP contribution >= 0.6 is 11.6 Å². The zero-order valence-corrected chi connectivity index (χ0v) is 11.3. The highest BCUT2D eigenvalue weighted by molar-refractivity contribution is 6.49. The number of halogens is 1. The summed E-state index contributed by atoms with van der Waals surface area (Å²) in [6.45, 7) is 6.31. The molecule has 0 aliphatic heterocycles. The highest BCUT2D eigenvalue weighted by Crippen LogP contribution is 2.34. The fourth-order valence-corrected chi connectivity index (χ4v) is 1.77. The van der Waals surface area contributed by atoms with Crippen molar-refractivity contribution in [3.05, 3.63) is 35.4 Å². The summed E-state index contributed by atoms with van der Waals surface area (Å²) in [7, 11) is 1.65. The van der Waals surface area contributed by atoms with Crippen LogP contribution in [0.2, 0.25) is 0 Å². The summed E-state index contributed by atoms with van der Waals surface area (Å²) in [5, 5.41) is 0.438. The van der Waals surface area contributed by atoms with E-state index >= 15 is 0 Å². The molecule has 1 aromatic carbocycles. The summed E-state index contributed by atoms with van der Waals surface area (Å²) >= 11 is 6.01. The van der Waals surface area contributed by atoms with E-state index in [9.17, 15) is 4.79 Å². The molecule has 0 saturated heterocycles. The Labute approximate surface area is 107 Å². The molecule has 0 bridgehead atoms. The fourth-order valence-electron chi connectivity index (χ4n) is 1.60. The number of rotatable bonds is 3. The summed E-state index contributed by atoms with van der Waals surface area (Å²) in [4.78, 5) is 10.4. The third kappa shape index (κ3) is 3.34. The van der Waals surface area contributed by atoms with E-state index in [1.807, 2.05) is 18.2 Å². The summed E-state index contributed by atoms with van der Waals surface area (Å²) < 4.78 is 5.33. The van der Waals surface area contributed by atoms with Crippen LogP contribution in [0.1, 0.15) is 31.9 Å². The number of aldehydes is 1. The van der Waals surface area contributed by atoms with E-state index in [2.05, 4.69) is 20.8 Å². The van der Waals surface area contributed by atoms with Crippen LogP contribution < -0.4 is 4.74 Å². The van der Waals surface area contributed by atoms with Gasteiger partial charge in [-0.2, -0.15) is 0 Å². The number of hydrogen-bond acceptors (Lipinski definition) is 2. The van der Waals surface area contributed by atoms with Crippen LogP contribution in [0, 0.1) is 0 Å². The smallest absolute Gasteiger partial charge is 0.144 e. The lowest BCUT2D eigenvalue weighted by Crippen LogP contribution is -2.13. The minimum atomic E-state index is -0.0420. The number of methoxy groups -OCH3 is 1. The molecule has 0 N–H and O–H groups in total. The average Bonchev–Trinajstić information content (AvgIpc) is 2.27. The molecule has 0 aromatic heterocycles. The van der Waals surface area contributed by atoms with Gasteiger partial charge in [0.25, 0.3) is 0 Å². The zero-order chi connectivity index (χ0) is 13.1. The monoisotopic (exact) mass is 252 g/mol. The van der Waals surface area contributed by atoms with Gasteiger partial charge in [0.05, 0.1) is 12.1 Å². The Kier molecular flexibility index (Phi) is 4.35. The summed E-state index contributed by atoms with van der Waals surface area (Å²) in [6, 6.07) is 5.68. The molecule has 0 saturated carbocycles. The van der Waals surface area contributed by atoms with Gasteiger partial charge in [0.1, 0.15) is 12.0 Å². The molecule has 17 heavy (non-hydrogen) atoms. The van der Waals surface area contributed by atoms with Crippen LogP contribution in [0.15, 0.2) is 24.3 Å². The van der Waals surface area contributed by atoms with E-state index in [4.69, 9.17) is 16.3 Å². The molecular weight excluding hydrogens is 236 g/mol. The van der Waals surface area contributed by atoms with Gasteiger partial charge in [-0.1, -0.05) is 32.4 Å². The Morgan fingerprint density at radius 1 is 1.35 bits per heavy atom. The summed E-state index contributed by atoms with van der Waals surface area (Å²) in [6.07, 6.45) is 2.03. The molecule has 0 unspecified atom stereocenters. The minimum absolute atomic E-state index is 0.0420. The van der Waals surface area contributed by atoms with Crippen molar-refractivity contribution in [2.45, 2.75) is 26.2 Å². The predicted molar refractivity (Wildman–Crippen MR) is 71.6 cm³/mol. The van der Waals surface area contributed by atoms with Crippen molar-refractivity contribution < 1.29 is 9.53 Å². The molecule has 0 fully saturated rings. The van der Waals surface area contributed by atoms with Gasteiger partial charge in [-0.3, -0.25) is 4.79 Å². The number of allylic oxidation sites excluding steroid dienone is 1. The van der Waals surface area contributed by atoms with Crippen LogP contribution in [-0.2, 0) is 10.2 Å². The Morgan fingerprint density at radius 2 is 2.00 bits per heavy atom. The maximum absolute atomic E-state index is 10.4. The van der Waals surface area contributed by atoms with E-state index in [0.717, 1.165) is 16.9 Å². The van der Waals surface area contributed by atoms with Gasteiger partial charge in [-0.05, 0) is 35.3 Å². The predicted octanol–water partition coefficient (Wildman–Crippen LogP) is 3.77. The minimum Gasteiger partial charge on any atom is -0.496 e. The van der Waals surface area contributed by atoms with Crippen LogP contribution in [0.3, 0.4) is 0 Å². The number of hydrogen-bond donors (Lipinski definition) is 0. The third-order valence-corrected chi connectivity index (χ3v) is 2.84. The maximum atomic E-state index is 10.4. The van der Waals surface area contributed by atoms with E-state index in [1.165, 1.54) is 6.08 Å². The largest absolute Gasteiger partial charge is 0.496 e. The van der Waals surface area contributed by atoms with E-state index in [0.29, 0.717) is 11.3 Å². The van der Waals surface area contributed by atoms with Crippen LogP contribution in [-0.4, -0.2) is 13.4 Å². The molecule has 1 rings (SSSR count). The first kappa shape index (κ1) is 13.8. The molecule has 0 spiro atoms. The Morgan fingerprint density at radius 3 is 2.47 bits per heavy atom. The van der Waals surface area contributed by atoms with Gasteiger partial charge in [0.15, 0.2) is 0 Å². The third-order valence-electron chi connectivity index (χ3n) is 2.50. The SMILES string of the molecule is COc1ccc(C(Cl)=CC=O)cc1C(C)(C)C. The van der Waals surface area contributed by atoms with Crippen molar-refractivity contribution in [2.24, 2.45) is 0 Å². The van der Waals surface area contributed by atoms with Gasteiger partial charge >= 0.3 is 0 Å². The topological polar surface area (TPSA) is 26.3 Å². The van der Waals surface area contributed by atoms with E-state index in [1.54, 1.807) is 7.11 Å². The molecular formula is C14H17ClO2. The first-order valence-corrected chi connectivity index (χ1v) is 5.78. The number of benzene rings is 1. The lowest BCUT2D eigenvalue weighted by atomic mass is 9.85. The quantitative estimate of drug-likeness (QED) is 0.605. The van der Waals surface area contributed by atoms with Crippen LogP contribution in [0.5, 0.6) is 5.75 Å². The van der Waals surface area contributed by atoms with Gasteiger partial charge in [0.2, 0.25) is 0 Å². The Balaban J connectivity index is 3.32. The van der Waals surface area contributed by atoms with Crippen molar-refractivity contribution in [2.75, 3.05) is 7.11 Å². The molecule has 0 aliphatic carbocycles. The second kappa shape index (κ2) is 5.37. The molecule has 0 heterocycles. The summed E-state index contributed by atoms with van der Waals surface area (Å²) in [5.41, 5.74) is 1.85. The molecule has 1 aromatic rings. The van der Waals surface area contributed by atoms with Gasteiger partial charge in [-0.25, -0.2) is 0 Å². The fraction of sp³-hybridized carbons (Fsp3) is 0.357. The Hall–Kier alpha value is -1.28. The van der Waals surface area contributed by atoms with E-state index in [-0.39, 0.29) is 5.41 Å². The normalized spacial score (nSPS) is 12.4. The molecule has 92 valence electrons. The lowest BCUT2D eigenvalue weighted by Gasteiger charge is -2.22. The second-order valence-electron chi connectivity index (χ2n) is 4.82. The lowest BCUT2D eigenvalue weighted by molar-refractivity contribution is -0.104. The van der Waals surface area contributed by atoms with Crippen molar-refractivity contribution in [3.63, 3.8) is 0 Å². The molecule has 0 aliphatic rings.